The average Bonchev–Trinajstić information content (AvgIpc) is 3.37. The molecule has 0 radical (unpaired) electrons. The number of carbonyl (C=O) groups is 2. The molecule has 4 N–H and O–H groups in total. The highest BCUT2D eigenvalue weighted by Crippen LogP contribution is 2.38. The standard InChI is InChI=1S/C28H23ClN4O6/c29-18-9-10-21-20(14-18)26(16-5-2-1-3-6-16)27(28(37)30-21)22-15-23(17-7-4-8-19(13-17)33(38)39)32(31-22)24(34)11-12-25(35)36/h1-10,13-14,23,33,38H,11-12,15H2,(H,30,37)(H,35,36)/t23-/m0/s1. The first-order valence-electron chi connectivity index (χ1n) is 12.1. The van der Waals surface area contributed by atoms with E-state index in [9.17, 15) is 24.8 Å². The number of aromatic nitrogens is 1. The Bertz CT molecular complexity index is 1670. The first-order valence-corrected chi connectivity index (χ1v) is 12.5. The number of fused-ring (bicyclic) bond motifs is 1. The predicted molar refractivity (Wildman–Crippen MR) is 145 cm³/mol. The Balaban J connectivity index is 1.69. The van der Waals surface area contributed by atoms with Crippen LogP contribution >= 0.6 is 11.6 Å². The summed E-state index contributed by atoms with van der Waals surface area (Å²) in [7, 11) is 0. The molecule has 10 nitrogen and oxygen atoms in total. The van der Waals surface area contributed by atoms with Gasteiger partial charge in [-0.25, -0.2) is 10.2 Å². The second-order valence-electron chi connectivity index (χ2n) is 9.09. The lowest BCUT2D eigenvalue weighted by Gasteiger charge is -2.22. The molecule has 0 saturated heterocycles. The normalized spacial score (nSPS) is 15.8. The minimum atomic E-state index is -1.13. The van der Waals surface area contributed by atoms with Gasteiger partial charge in [-0.15, -0.1) is 0 Å². The number of hydrogen-bond donors (Lipinski definition) is 4. The molecule has 0 fully saturated rings. The molecule has 1 unspecified atom stereocenters. The second kappa shape index (κ2) is 10.8. The number of hydrogen-bond acceptors (Lipinski definition) is 6. The fourth-order valence-corrected chi connectivity index (χ4v) is 4.98. The summed E-state index contributed by atoms with van der Waals surface area (Å²) in [6.45, 7) is 0. The molecule has 0 bridgehead atoms. The maximum Gasteiger partial charge on any atom is 0.303 e. The quantitative estimate of drug-likeness (QED) is 0.259. The van der Waals surface area contributed by atoms with Gasteiger partial charge in [-0.05, 0) is 29.3 Å². The molecule has 2 atom stereocenters. The van der Waals surface area contributed by atoms with Crippen molar-refractivity contribution in [3.8, 4) is 11.1 Å². The average molecular weight is 547 g/mol. The van der Waals surface area contributed by atoms with Crippen LogP contribution in [0.3, 0.4) is 0 Å². The summed E-state index contributed by atoms with van der Waals surface area (Å²) in [4.78, 5) is 40.7. The first-order chi connectivity index (χ1) is 18.7. The number of pyridine rings is 1. The monoisotopic (exact) mass is 546 g/mol. The van der Waals surface area contributed by atoms with Crippen molar-refractivity contribution in [2.75, 3.05) is 0 Å². The van der Waals surface area contributed by atoms with Crippen LogP contribution in [0.25, 0.3) is 22.0 Å². The predicted octanol–water partition coefficient (Wildman–Crippen LogP) is 3.79. The van der Waals surface area contributed by atoms with E-state index >= 15 is 0 Å². The molecule has 5 rings (SSSR count). The molecule has 1 aliphatic rings. The van der Waals surface area contributed by atoms with E-state index in [1.165, 1.54) is 12.1 Å². The zero-order chi connectivity index (χ0) is 27.7. The molecule has 0 saturated carbocycles. The van der Waals surface area contributed by atoms with Crippen LogP contribution in [0.2, 0.25) is 5.02 Å². The number of carboxylic acid groups (broad SMARTS) is 1. The van der Waals surface area contributed by atoms with Gasteiger partial charge in [-0.2, -0.15) is 10.3 Å². The van der Waals surface area contributed by atoms with E-state index in [4.69, 9.17) is 16.7 Å². The summed E-state index contributed by atoms with van der Waals surface area (Å²) >= 11 is 6.33. The van der Waals surface area contributed by atoms with Crippen LogP contribution in [0.5, 0.6) is 0 Å². The van der Waals surface area contributed by atoms with Crippen molar-refractivity contribution >= 4 is 45.8 Å². The molecule has 198 valence electrons. The highest BCUT2D eigenvalue weighted by Gasteiger charge is 2.35. The molecule has 0 spiro atoms. The van der Waals surface area contributed by atoms with E-state index in [1.807, 2.05) is 30.3 Å². The van der Waals surface area contributed by atoms with Crippen LogP contribution in [-0.4, -0.2) is 37.9 Å². The molecule has 4 aromatic rings. The minimum Gasteiger partial charge on any atom is -0.595 e. The number of carboxylic acids is 1. The van der Waals surface area contributed by atoms with E-state index < -0.39 is 35.1 Å². The van der Waals surface area contributed by atoms with Gasteiger partial charge in [0.2, 0.25) is 5.91 Å². The molecule has 3 aromatic carbocycles. The molecule has 1 amide bonds. The van der Waals surface area contributed by atoms with Crippen molar-refractivity contribution < 1.29 is 25.1 Å². The Morgan fingerprint density at radius 3 is 2.54 bits per heavy atom. The number of rotatable bonds is 7. The van der Waals surface area contributed by atoms with Crippen LogP contribution in [0.4, 0.5) is 5.69 Å². The number of aromatic amines is 1. The first kappa shape index (κ1) is 26.3. The topological polar surface area (TPSA) is 151 Å². The third-order valence-electron chi connectivity index (χ3n) is 6.56. The second-order valence-corrected chi connectivity index (χ2v) is 9.53. The van der Waals surface area contributed by atoms with Crippen LogP contribution in [0.15, 0.2) is 82.7 Å². The van der Waals surface area contributed by atoms with Gasteiger partial charge in [-0.3, -0.25) is 14.4 Å². The van der Waals surface area contributed by atoms with Gasteiger partial charge in [0.05, 0.1) is 23.7 Å². The van der Waals surface area contributed by atoms with Crippen LogP contribution in [0.1, 0.15) is 36.4 Å². The number of halogens is 1. The maximum atomic E-state index is 13.5. The smallest absolute Gasteiger partial charge is 0.303 e. The SMILES string of the molecule is O=C(O)CCC(=O)N1N=C(c2c(-c3ccccc3)c3cc(Cl)ccc3[nH]c2=O)C[C@H]1c1cccc([NH+]([O-])O)c1. The summed E-state index contributed by atoms with van der Waals surface area (Å²) in [5.74, 6) is -1.69. The van der Waals surface area contributed by atoms with Crippen molar-refractivity contribution in [2.45, 2.75) is 25.3 Å². The molecule has 0 aliphatic carbocycles. The van der Waals surface area contributed by atoms with E-state index in [1.54, 1.807) is 30.3 Å². The number of quaternary nitrogens is 1. The van der Waals surface area contributed by atoms with Gasteiger partial charge in [0, 0.05) is 46.5 Å². The highest BCUT2D eigenvalue weighted by atomic mass is 35.5. The molecule has 11 heteroatoms. The Morgan fingerprint density at radius 1 is 1.05 bits per heavy atom. The van der Waals surface area contributed by atoms with Gasteiger partial charge < -0.3 is 15.3 Å². The third-order valence-corrected chi connectivity index (χ3v) is 6.80. The van der Waals surface area contributed by atoms with Crippen molar-refractivity contribution in [1.82, 2.24) is 9.99 Å². The van der Waals surface area contributed by atoms with Crippen molar-refractivity contribution in [2.24, 2.45) is 5.10 Å². The number of H-pyrrole nitrogens is 1. The Hall–Kier alpha value is -4.35. The Morgan fingerprint density at radius 2 is 1.82 bits per heavy atom. The minimum absolute atomic E-state index is 0.0297. The van der Waals surface area contributed by atoms with Gasteiger partial charge in [0.15, 0.2) is 5.69 Å². The molecule has 2 heterocycles. The van der Waals surface area contributed by atoms with Crippen LogP contribution < -0.4 is 10.8 Å². The van der Waals surface area contributed by atoms with Crippen LogP contribution in [0, 0.1) is 5.21 Å². The number of nitrogens with one attached hydrogen (secondary N) is 2. The van der Waals surface area contributed by atoms with Gasteiger partial charge in [0.1, 0.15) is 0 Å². The summed E-state index contributed by atoms with van der Waals surface area (Å²) in [5, 5.41) is 36.0. The van der Waals surface area contributed by atoms with Crippen molar-refractivity contribution in [3.63, 3.8) is 0 Å². The molecule has 1 aromatic heterocycles. The van der Waals surface area contributed by atoms with Gasteiger partial charge in [0.25, 0.3) is 5.56 Å². The zero-order valence-corrected chi connectivity index (χ0v) is 21.2. The number of nitrogens with zero attached hydrogens (tertiary/aromatic N) is 2. The van der Waals surface area contributed by atoms with Crippen LogP contribution in [-0.2, 0) is 9.59 Å². The third kappa shape index (κ3) is 5.31. The Kier molecular flexibility index (Phi) is 7.27. The molecule has 1 aliphatic heterocycles. The van der Waals surface area contributed by atoms with E-state index in [0.717, 1.165) is 10.6 Å². The van der Waals surface area contributed by atoms with Crippen molar-refractivity contribution in [3.05, 3.63) is 105 Å². The number of hydrazone groups is 1. The van der Waals surface area contributed by atoms with Gasteiger partial charge in [-0.1, -0.05) is 54.1 Å². The highest BCUT2D eigenvalue weighted by molar-refractivity contribution is 6.31. The number of carbonyl (C=O) groups excluding carboxylic acids is 1. The van der Waals surface area contributed by atoms with E-state index in [0.29, 0.717) is 32.8 Å². The molecule has 39 heavy (non-hydrogen) atoms. The maximum absolute atomic E-state index is 13.5. The lowest BCUT2D eigenvalue weighted by molar-refractivity contribution is -0.991. The lowest BCUT2D eigenvalue weighted by Crippen LogP contribution is -2.99. The summed E-state index contributed by atoms with van der Waals surface area (Å²) in [5.41, 5.74) is 2.59. The lowest BCUT2D eigenvalue weighted by atomic mass is 9.91. The summed E-state index contributed by atoms with van der Waals surface area (Å²) < 4.78 is 0. The fraction of sp³-hybridized carbons (Fsp3) is 0.143. The van der Waals surface area contributed by atoms with Gasteiger partial charge >= 0.3 is 5.97 Å². The Labute approximate surface area is 226 Å². The molecular formula is C28H23ClN4O6. The number of amides is 1. The summed E-state index contributed by atoms with van der Waals surface area (Å²) in [6.07, 6.45) is -0.597. The largest absolute Gasteiger partial charge is 0.595 e. The van der Waals surface area contributed by atoms with E-state index in [-0.39, 0.29) is 24.1 Å². The van der Waals surface area contributed by atoms with Crippen molar-refractivity contribution in [1.29, 1.82) is 0 Å². The number of aliphatic carboxylic acids is 1. The fourth-order valence-electron chi connectivity index (χ4n) is 4.80. The molecular weight excluding hydrogens is 524 g/mol. The number of benzene rings is 3. The zero-order valence-electron chi connectivity index (χ0n) is 20.4. The van der Waals surface area contributed by atoms with E-state index in [2.05, 4.69) is 10.1 Å². The summed E-state index contributed by atoms with van der Waals surface area (Å²) in [6, 6.07) is 19.8.